The molecule has 2 aromatic carbocycles. The average molecular weight is 388 g/mol. The highest BCUT2D eigenvalue weighted by Crippen LogP contribution is 2.19. The van der Waals surface area contributed by atoms with E-state index in [1.165, 1.54) is 28.6 Å². The molecule has 3 rings (SSSR count). The van der Waals surface area contributed by atoms with E-state index in [9.17, 15) is 13.2 Å². The molecule has 1 amide bonds. The minimum absolute atomic E-state index is 0.0483. The number of carbonyl (C=O) groups is 1. The van der Waals surface area contributed by atoms with E-state index < -0.39 is 10.0 Å². The largest absolute Gasteiger partial charge is 0.377 e. The molecule has 1 aliphatic rings. The van der Waals surface area contributed by atoms with Gasteiger partial charge < -0.3 is 10.1 Å². The Bertz CT molecular complexity index is 861. The van der Waals surface area contributed by atoms with Crippen LogP contribution in [0, 0.1) is 0 Å². The van der Waals surface area contributed by atoms with E-state index in [0.29, 0.717) is 25.3 Å². The summed E-state index contributed by atoms with van der Waals surface area (Å²) in [4.78, 5) is 12.4. The Labute approximate surface area is 160 Å². The van der Waals surface area contributed by atoms with Crippen molar-refractivity contribution in [2.24, 2.45) is 0 Å². The molecule has 1 atom stereocenters. The van der Waals surface area contributed by atoms with Gasteiger partial charge in [0.2, 0.25) is 10.0 Å². The summed E-state index contributed by atoms with van der Waals surface area (Å²) in [5.41, 5.74) is 1.42. The van der Waals surface area contributed by atoms with Crippen LogP contribution in [-0.4, -0.2) is 44.9 Å². The number of nitrogens with zero attached hydrogens (tertiary/aromatic N) is 1. The van der Waals surface area contributed by atoms with Crippen molar-refractivity contribution >= 4 is 15.9 Å². The van der Waals surface area contributed by atoms with Gasteiger partial charge in [0.1, 0.15) is 0 Å². The van der Waals surface area contributed by atoms with Crippen LogP contribution < -0.4 is 5.32 Å². The molecular formula is C20H24N2O4S. The van der Waals surface area contributed by atoms with Crippen LogP contribution in [-0.2, 0) is 21.3 Å². The minimum Gasteiger partial charge on any atom is -0.377 e. The van der Waals surface area contributed by atoms with Gasteiger partial charge in [-0.25, -0.2) is 8.42 Å². The second-order valence-corrected chi connectivity index (χ2v) is 8.66. The van der Waals surface area contributed by atoms with Crippen LogP contribution in [0.5, 0.6) is 0 Å². The highest BCUT2D eigenvalue weighted by atomic mass is 32.2. The van der Waals surface area contributed by atoms with Crippen LogP contribution in [0.4, 0.5) is 0 Å². The van der Waals surface area contributed by atoms with E-state index in [2.05, 4.69) is 5.32 Å². The number of likely N-dealkylation sites (N-methyl/N-ethyl adjacent to an activating group) is 1. The third-order valence-corrected chi connectivity index (χ3v) is 6.44. The van der Waals surface area contributed by atoms with E-state index >= 15 is 0 Å². The Morgan fingerprint density at radius 3 is 2.48 bits per heavy atom. The molecular weight excluding hydrogens is 364 g/mol. The normalized spacial score (nSPS) is 17.2. The summed E-state index contributed by atoms with van der Waals surface area (Å²) in [6, 6.07) is 15.6. The summed E-state index contributed by atoms with van der Waals surface area (Å²) in [7, 11) is -2.05. The number of hydrogen-bond acceptors (Lipinski definition) is 4. The van der Waals surface area contributed by atoms with Crippen LogP contribution in [0.3, 0.4) is 0 Å². The second-order valence-electron chi connectivity index (χ2n) is 6.61. The fourth-order valence-corrected chi connectivity index (χ4v) is 4.21. The van der Waals surface area contributed by atoms with Crippen LogP contribution in [0.2, 0.25) is 0 Å². The maximum absolute atomic E-state index is 12.7. The Hall–Kier alpha value is -2.22. The lowest BCUT2D eigenvalue weighted by molar-refractivity contribution is 0.0950. The molecule has 0 radical (unpaired) electrons. The van der Waals surface area contributed by atoms with Gasteiger partial charge in [-0.3, -0.25) is 4.79 Å². The zero-order chi connectivity index (χ0) is 19.3. The van der Waals surface area contributed by atoms with Crippen molar-refractivity contribution in [3.05, 3.63) is 65.7 Å². The monoisotopic (exact) mass is 388 g/mol. The first kappa shape index (κ1) is 19.5. The molecule has 0 aromatic heterocycles. The molecule has 1 heterocycles. The molecule has 1 aliphatic heterocycles. The van der Waals surface area contributed by atoms with Crippen LogP contribution in [0.15, 0.2) is 59.5 Å². The van der Waals surface area contributed by atoms with Gasteiger partial charge >= 0.3 is 0 Å². The summed E-state index contributed by atoms with van der Waals surface area (Å²) in [5.74, 6) is -0.240. The summed E-state index contributed by atoms with van der Waals surface area (Å²) < 4.78 is 32.2. The molecule has 0 aliphatic carbocycles. The van der Waals surface area contributed by atoms with E-state index in [0.717, 1.165) is 18.4 Å². The van der Waals surface area contributed by atoms with Crippen LogP contribution in [0.1, 0.15) is 28.8 Å². The fraction of sp³-hybridized carbons (Fsp3) is 0.350. The lowest BCUT2D eigenvalue weighted by Crippen LogP contribution is -2.34. The highest BCUT2D eigenvalue weighted by molar-refractivity contribution is 7.89. The third-order valence-electron chi connectivity index (χ3n) is 4.61. The summed E-state index contributed by atoms with van der Waals surface area (Å²) in [5, 5.41) is 2.83. The smallest absolute Gasteiger partial charge is 0.251 e. The first-order chi connectivity index (χ1) is 13.0. The molecule has 0 bridgehead atoms. The highest BCUT2D eigenvalue weighted by Gasteiger charge is 2.26. The minimum atomic E-state index is -3.60. The predicted octanol–water partition coefficient (Wildman–Crippen LogP) is 2.42. The van der Waals surface area contributed by atoms with Gasteiger partial charge in [0.15, 0.2) is 0 Å². The summed E-state index contributed by atoms with van der Waals surface area (Å²) >= 11 is 0. The van der Waals surface area contributed by atoms with E-state index in [-0.39, 0.29) is 16.9 Å². The van der Waals surface area contributed by atoms with Crippen molar-refractivity contribution in [1.29, 1.82) is 0 Å². The molecule has 0 unspecified atom stereocenters. The number of hydrogen-bond donors (Lipinski definition) is 1. The van der Waals surface area contributed by atoms with E-state index in [1.54, 1.807) is 7.05 Å². The summed E-state index contributed by atoms with van der Waals surface area (Å²) in [6.45, 7) is 1.44. The van der Waals surface area contributed by atoms with Crippen molar-refractivity contribution < 1.29 is 17.9 Å². The number of ether oxygens (including phenoxy) is 1. The number of benzene rings is 2. The molecule has 1 saturated heterocycles. The van der Waals surface area contributed by atoms with Crippen LogP contribution in [0.25, 0.3) is 0 Å². The fourth-order valence-electron chi connectivity index (χ4n) is 3.01. The maximum Gasteiger partial charge on any atom is 0.251 e. The topological polar surface area (TPSA) is 75.7 Å². The Balaban J connectivity index is 1.62. The van der Waals surface area contributed by atoms with Gasteiger partial charge in [-0.15, -0.1) is 0 Å². The number of rotatable bonds is 7. The molecule has 0 saturated carbocycles. The van der Waals surface area contributed by atoms with Crippen molar-refractivity contribution in [2.45, 2.75) is 30.4 Å². The van der Waals surface area contributed by atoms with Gasteiger partial charge in [0, 0.05) is 32.3 Å². The van der Waals surface area contributed by atoms with E-state index in [1.807, 2.05) is 30.3 Å². The van der Waals surface area contributed by atoms with Crippen molar-refractivity contribution in [1.82, 2.24) is 9.62 Å². The van der Waals surface area contributed by atoms with Gasteiger partial charge in [0.05, 0.1) is 11.0 Å². The molecule has 2 aromatic rings. The third kappa shape index (κ3) is 4.94. The molecule has 0 spiro atoms. The van der Waals surface area contributed by atoms with Crippen molar-refractivity contribution in [2.75, 3.05) is 20.2 Å². The second kappa shape index (κ2) is 8.65. The SMILES string of the molecule is CN(C[C@@H]1CCCO1)S(=O)(=O)c1ccc(C(=O)NCc2ccccc2)cc1. The lowest BCUT2D eigenvalue weighted by Gasteiger charge is -2.20. The zero-order valence-corrected chi connectivity index (χ0v) is 16.1. The van der Waals surface area contributed by atoms with Crippen molar-refractivity contribution in [3.63, 3.8) is 0 Å². The first-order valence-electron chi connectivity index (χ1n) is 8.97. The first-order valence-corrected chi connectivity index (χ1v) is 10.4. The number of nitrogens with one attached hydrogen (secondary N) is 1. The van der Waals surface area contributed by atoms with Gasteiger partial charge in [0.25, 0.3) is 5.91 Å². The predicted molar refractivity (Wildman–Crippen MR) is 103 cm³/mol. The van der Waals surface area contributed by atoms with Crippen LogP contribution >= 0.6 is 0 Å². The lowest BCUT2D eigenvalue weighted by atomic mass is 10.2. The average Bonchev–Trinajstić information content (AvgIpc) is 3.20. The van der Waals surface area contributed by atoms with Gasteiger partial charge in [-0.2, -0.15) is 4.31 Å². The maximum atomic E-state index is 12.7. The molecule has 6 nitrogen and oxygen atoms in total. The summed E-state index contributed by atoms with van der Waals surface area (Å²) in [6.07, 6.45) is 1.79. The van der Waals surface area contributed by atoms with Gasteiger partial charge in [-0.05, 0) is 42.7 Å². The Kier molecular flexibility index (Phi) is 6.26. The van der Waals surface area contributed by atoms with Crippen molar-refractivity contribution in [3.8, 4) is 0 Å². The van der Waals surface area contributed by atoms with Gasteiger partial charge in [-0.1, -0.05) is 30.3 Å². The quantitative estimate of drug-likeness (QED) is 0.790. The molecule has 1 N–H and O–H groups in total. The molecule has 1 fully saturated rings. The molecule has 7 heteroatoms. The van der Waals surface area contributed by atoms with E-state index in [4.69, 9.17) is 4.74 Å². The number of sulfonamides is 1. The standard InChI is InChI=1S/C20H24N2O4S/c1-22(15-18-8-5-13-26-18)27(24,25)19-11-9-17(10-12-19)20(23)21-14-16-6-3-2-4-7-16/h2-4,6-7,9-12,18H,5,8,13-15H2,1H3,(H,21,23)/t18-/m0/s1. The Morgan fingerprint density at radius 1 is 1.15 bits per heavy atom. The Morgan fingerprint density at radius 2 is 1.85 bits per heavy atom. The number of amides is 1. The molecule has 144 valence electrons. The number of carbonyl (C=O) groups excluding carboxylic acids is 1. The zero-order valence-electron chi connectivity index (χ0n) is 15.3. The molecule has 27 heavy (non-hydrogen) atoms.